The molecule has 0 heterocycles. The largest absolute Gasteiger partial charge is 0.380 e. The van der Waals surface area contributed by atoms with Crippen molar-refractivity contribution in [2.75, 3.05) is 13.7 Å². The van der Waals surface area contributed by atoms with Gasteiger partial charge in [0.15, 0.2) is 0 Å². The van der Waals surface area contributed by atoms with Crippen molar-refractivity contribution in [2.24, 2.45) is 11.7 Å². The van der Waals surface area contributed by atoms with Gasteiger partial charge in [-0.1, -0.05) is 0 Å². The summed E-state index contributed by atoms with van der Waals surface area (Å²) >= 11 is 0. The average Bonchev–Trinajstić information content (AvgIpc) is 3.06. The van der Waals surface area contributed by atoms with Crippen molar-refractivity contribution in [1.29, 1.82) is 0 Å². The third kappa shape index (κ3) is 3.44. The second-order valence-corrected chi connectivity index (χ2v) is 5.13. The third-order valence-corrected chi connectivity index (χ3v) is 3.83. The lowest BCUT2D eigenvalue weighted by Crippen LogP contribution is -2.41. The molecule has 0 aromatic rings. The first-order chi connectivity index (χ1) is 7.29. The summed E-state index contributed by atoms with van der Waals surface area (Å²) in [5.74, 6) is 0.827. The number of nitrogens with one attached hydrogen (secondary N) is 1. The number of nitrogens with two attached hydrogens (primary N) is 1. The number of rotatable bonds is 5. The summed E-state index contributed by atoms with van der Waals surface area (Å²) in [4.78, 5) is 0. The van der Waals surface area contributed by atoms with Crippen LogP contribution in [0.5, 0.6) is 0 Å². The lowest BCUT2D eigenvalue weighted by molar-refractivity contribution is 0.0796. The highest BCUT2D eigenvalue weighted by molar-refractivity contribution is 4.85. The second-order valence-electron chi connectivity index (χ2n) is 5.13. The minimum Gasteiger partial charge on any atom is -0.380 e. The van der Waals surface area contributed by atoms with E-state index in [-0.39, 0.29) is 0 Å². The molecule has 2 rings (SSSR count). The maximum atomic E-state index is 5.88. The Morgan fingerprint density at radius 1 is 1.20 bits per heavy atom. The van der Waals surface area contributed by atoms with Gasteiger partial charge >= 0.3 is 0 Å². The Balaban J connectivity index is 1.63. The summed E-state index contributed by atoms with van der Waals surface area (Å²) in [6, 6.07) is 1.13. The van der Waals surface area contributed by atoms with E-state index in [0.29, 0.717) is 18.2 Å². The normalized spacial score (nSPS) is 34.0. The van der Waals surface area contributed by atoms with E-state index in [2.05, 4.69) is 5.32 Å². The van der Waals surface area contributed by atoms with Crippen LogP contribution >= 0.6 is 0 Å². The van der Waals surface area contributed by atoms with E-state index < -0.39 is 0 Å². The van der Waals surface area contributed by atoms with Gasteiger partial charge in [0.1, 0.15) is 0 Å². The summed E-state index contributed by atoms with van der Waals surface area (Å²) in [5, 5.41) is 3.63. The van der Waals surface area contributed by atoms with Crippen LogP contribution in [0, 0.1) is 5.92 Å². The van der Waals surface area contributed by atoms with Crippen molar-refractivity contribution in [3.05, 3.63) is 0 Å². The highest BCUT2D eigenvalue weighted by atomic mass is 16.5. The van der Waals surface area contributed by atoms with Crippen LogP contribution in [0.3, 0.4) is 0 Å². The van der Waals surface area contributed by atoms with Crippen molar-refractivity contribution in [3.63, 3.8) is 0 Å². The molecule has 2 fully saturated rings. The molecule has 0 radical (unpaired) electrons. The van der Waals surface area contributed by atoms with Gasteiger partial charge in [-0.3, -0.25) is 0 Å². The van der Waals surface area contributed by atoms with Crippen LogP contribution in [0.25, 0.3) is 0 Å². The van der Waals surface area contributed by atoms with Gasteiger partial charge in [0, 0.05) is 25.7 Å². The zero-order chi connectivity index (χ0) is 10.7. The van der Waals surface area contributed by atoms with Gasteiger partial charge in [0.05, 0.1) is 6.10 Å². The van der Waals surface area contributed by atoms with E-state index >= 15 is 0 Å². The predicted molar refractivity (Wildman–Crippen MR) is 61.8 cm³/mol. The van der Waals surface area contributed by atoms with Crippen LogP contribution in [0.15, 0.2) is 0 Å². The topological polar surface area (TPSA) is 47.3 Å². The quantitative estimate of drug-likeness (QED) is 0.721. The molecule has 0 aromatic carbocycles. The number of hydrogen-bond acceptors (Lipinski definition) is 3. The molecule has 3 nitrogen and oxygen atoms in total. The maximum Gasteiger partial charge on any atom is 0.0723 e. The molecule has 2 aliphatic rings. The van der Waals surface area contributed by atoms with E-state index in [4.69, 9.17) is 10.5 Å². The van der Waals surface area contributed by atoms with Crippen LogP contribution in [-0.2, 0) is 4.74 Å². The van der Waals surface area contributed by atoms with Crippen LogP contribution in [0.1, 0.15) is 38.5 Å². The Kier molecular flexibility index (Phi) is 4.00. The molecule has 0 aromatic heterocycles. The Morgan fingerprint density at radius 2 is 1.87 bits per heavy atom. The van der Waals surface area contributed by atoms with E-state index in [1.807, 2.05) is 7.11 Å². The first kappa shape index (κ1) is 11.4. The molecule has 3 heteroatoms. The van der Waals surface area contributed by atoms with Crippen LogP contribution < -0.4 is 11.1 Å². The molecule has 1 atom stereocenters. The summed E-state index contributed by atoms with van der Waals surface area (Å²) in [6.45, 7) is 1.03. The van der Waals surface area contributed by atoms with E-state index in [0.717, 1.165) is 12.5 Å². The number of ether oxygens (including phenoxy) is 1. The lowest BCUT2D eigenvalue weighted by atomic mass is 9.92. The van der Waals surface area contributed by atoms with Crippen molar-refractivity contribution >= 4 is 0 Å². The van der Waals surface area contributed by atoms with E-state index in [1.165, 1.54) is 38.5 Å². The standard InChI is InChI=1S/C12H24N2O/c1-15-12(9-2-3-9)8-14-11-6-4-10(13)5-7-11/h9-12,14H,2-8,13H2,1H3. The summed E-state index contributed by atoms with van der Waals surface area (Å²) in [6.07, 6.45) is 7.99. The molecule has 0 amide bonds. The lowest BCUT2D eigenvalue weighted by Gasteiger charge is -2.28. The van der Waals surface area contributed by atoms with Gasteiger partial charge in [-0.15, -0.1) is 0 Å². The molecule has 1 unspecified atom stereocenters. The number of methoxy groups -OCH3 is 1. The molecular formula is C12H24N2O. The van der Waals surface area contributed by atoms with Gasteiger partial charge in [0.25, 0.3) is 0 Å². The highest BCUT2D eigenvalue weighted by Crippen LogP contribution is 2.33. The summed E-state index contributed by atoms with van der Waals surface area (Å²) < 4.78 is 5.50. The average molecular weight is 212 g/mol. The Morgan fingerprint density at radius 3 is 2.40 bits per heavy atom. The zero-order valence-electron chi connectivity index (χ0n) is 9.74. The van der Waals surface area contributed by atoms with Crippen molar-refractivity contribution in [3.8, 4) is 0 Å². The van der Waals surface area contributed by atoms with E-state index in [1.54, 1.807) is 0 Å². The highest BCUT2D eigenvalue weighted by Gasteiger charge is 2.31. The van der Waals surface area contributed by atoms with Gasteiger partial charge in [-0.2, -0.15) is 0 Å². The Hall–Kier alpha value is -0.120. The second kappa shape index (κ2) is 5.28. The Bertz CT molecular complexity index is 186. The first-order valence-electron chi connectivity index (χ1n) is 6.31. The minimum atomic E-state index is 0.445. The summed E-state index contributed by atoms with van der Waals surface area (Å²) in [7, 11) is 1.83. The monoisotopic (exact) mass is 212 g/mol. The summed E-state index contributed by atoms with van der Waals surface area (Å²) in [5.41, 5.74) is 5.88. The fraction of sp³-hybridized carbons (Fsp3) is 1.00. The minimum absolute atomic E-state index is 0.445. The molecule has 3 N–H and O–H groups in total. The zero-order valence-corrected chi connectivity index (χ0v) is 9.74. The molecule has 2 saturated carbocycles. The molecule has 0 bridgehead atoms. The van der Waals surface area contributed by atoms with Crippen molar-refractivity contribution in [1.82, 2.24) is 5.32 Å². The SMILES string of the molecule is COC(CNC1CCC(N)CC1)C1CC1. The molecule has 0 aliphatic heterocycles. The molecule has 0 saturated heterocycles. The molecule has 0 spiro atoms. The maximum absolute atomic E-state index is 5.88. The van der Waals surface area contributed by atoms with E-state index in [9.17, 15) is 0 Å². The third-order valence-electron chi connectivity index (χ3n) is 3.83. The predicted octanol–water partition coefficient (Wildman–Crippen LogP) is 1.27. The van der Waals surface area contributed by atoms with Crippen molar-refractivity contribution in [2.45, 2.75) is 56.7 Å². The molecule has 15 heavy (non-hydrogen) atoms. The van der Waals surface area contributed by atoms with Gasteiger partial charge in [-0.25, -0.2) is 0 Å². The van der Waals surface area contributed by atoms with Crippen LogP contribution in [0.4, 0.5) is 0 Å². The molecule has 2 aliphatic carbocycles. The van der Waals surface area contributed by atoms with Crippen LogP contribution in [-0.4, -0.2) is 31.8 Å². The first-order valence-corrected chi connectivity index (χ1v) is 6.31. The van der Waals surface area contributed by atoms with Crippen molar-refractivity contribution < 1.29 is 4.74 Å². The number of hydrogen-bond donors (Lipinski definition) is 2. The van der Waals surface area contributed by atoms with Crippen LogP contribution in [0.2, 0.25) is 0 Å². The Labute approximate surface area is 92.7 Å². The van der Waals surface area contributed by atoms with Gasteiger partial charge in [-0.05, 0) is 44.4 Å². The molecule has 88 valence electrons. The fourth-order valence-electron chi connectivity index (χ4n) is 2.52. The van der Waals surface area contributed by atoms with Gasteiger partial charge in [0.2, 0.25) is 0 Å². The smallest absolute Gasteiger partial charge is 0.0723 e. The van der Waals surface area contributed by atoms with Gasteiger partial charge < -0.3 is 15.8 Å². The molecular weight excluding hydrogens is 188 g/mol. The fourth-order valence-corrected chi connectivity index (χ4v) is 2.52.